The first-order valence-corrected chi connectivity index (χ1v) is 10.2. The first kappa shape index (κ1) is 18.4. The van der Waals surface area contributed by atoms with E-state index in [1.54, 1.807) is 6.20 Å². The lowest BCUT2D eigenvalue weighted by atomic mass is 9.63. The summed E-state index contributed by atoms with van der Waals surface area (Å²) in [5, 5.41) is 7.18. The summed E-state index contributed by atoms with van der Waals surface area (Å²) < 4.78 is 0. The number of aromatic amines is 1. The van der Waals surface area contributed by atoms with E-state index in [0.29, 0.717) is 0 Å². The summed E-state index contributed by atoms with van der Waals surface area (Å²) in [7, 11) is 1.81. The maximum Gasteiger partial charge on any atom is 0.235 e. The summed E-state index contributed by atoms with van der Waals surface area (Å²) in [5.41, 5.74) is 4.40. The Hall–Kier alpha value is -3.67. The molecule has 0 aliphatic heterocycles. The zero-order valence-electron chi connectivity index (χ0n) is 16.8. The molecule has 5 rings (SSSR count). The number of fused-ring (bicyclic) bond motifs is 1. The monoisotopic (exact) mass is 397 g/mol. The van der Waals surface area contributed by atoms with Crippen LogP contribution in [0, 0.1) is 0 Å². The van der Waals surface area contributed by atoms with Crippen LogP contribution in [0.4, 0.5) is 11.5 Å². The molecular formula is C24H23N5O. The Bertz CT molecular complexity index is 1210. The van der Waals surface area contributed by atoms with Crippen molar-refractivity contribution >= 4 is 28.4 Å². The van der Waals surface area contributed by atoms with Crippen LogP contribution in [-0.4, -0.2) is 27.9 Å². The topological polar surface area (TPSA) is 82.7 Å². The highest BCUT2D eigenvalue weighted by Crippen LogP contribution is 2.45. The van der Waals surface area contributed by atoms with Crippen molar-refractivity contribution in [3.05, 3.63) is 72.7 Å². The van der Waals surface area contributed by atoms with Crippen molar-refractivity contribution < 1.29 is 4.79 Å². The first-order chi connectivity index (χ1) is 14.7. The molecule has 4 aromatic rings. The molecule has 3 aromatic heterocycles. The molecule has 0 atom stereocenters. The molecule has 1 aliphatic rings. The van der Waals surface area contributed by atoms with Gasteiger partial charge in [-0.3, -0.25) is 4.79 Å². The number of benzene rings is 1. The number of carbonyl (C=O) groups is 1. The van der Waals surface area contributed by atoms with Crippen LogP contribution in [0.5, 0.6) is 0 Å². The normalized spacial score (nSPS) is 14.8. The molecule has 1 aromatic carbocycles. The molecule has 0 bridgehead atoms. The molecule has 6 nitrogen and oxygen atoms in total. The van der Waals surface area contributed by atoms with E-state index in [2.05, 4.69) is 55.9 Å². The number of hydrogen-bond acceptors (Lipinski definition) is 4. The Balaban J connectivity index is 1.40. The van der Waals surface area contributed by atoms with Crippen LogP contribution in [0.15, 0.2) is 67.1 Å². The molecule has 30 heavy (non-hydrogen) atoms. The predicted molar refractivity (Wildman–Crippen MR) is 119 cm³/mol. The van der Waals surface area contributed by atoms with E-state index in [1.807, 2.05) is 37.6 Å². The SMILES string of the molecule is CNc1cc(NC(=O)C2(c3ccc(-c4cnc5[nH]ccc5c4)cc3)CCC2)ccn1. The largest absolute Gasteiger partial charge is 0.373 e. The van der Waals surface area contributed by atoms with E-state index in [0.717, 1.165) is 58.5 Å². The maximum absolute atomic E-state index is 13.2. The molecule has 0 radical (unpaired) electrons. The van der Waals surface area contributed by atoms with Crippen LogP contribution in [0.2, 0.25) is 0 Å². The molecule has 6 heteroatoms. The van der Waals surface area contributed by atoms with Crippen LogP contribution in [-0.2, 0) is 10.2 Å². The van der Waals surface area contributed by atoms with Crippen molar-refractivity contribution in [3.63, 3.8) is 0 Å². The highest BCUT2D eigenvalue weighted by Gasteiger charge is 2.45. The van der Waals surface area contributed by atoms with E-state index < -0.39 is 5.41 Å². The lowest BCUT2D eigenvalue weighted by Gasteiger charge is -2.40. The van der Waals surface area contributed by atoms with Crippen molar-refractivity contribution in [2.45, 2.75) is 24.7 Å². The number of carbonyl (C=O) groups excluding carboxylic acids is 1. The molecule has 1 amide bonds. The van der Waals surface area contributed by atoms with E-state index in [-0.39, 0.29) is 5.91 Å². The smallest absolute Gasteiger partial charge is 0.235 e. The molecule has 1 aliphatic carbocycles. The molecule has 3 N–H and O–H groups in total. The second-order valence-electron chi connectivity index (χ2n) is 7.79. The zero-order chi connectivity index (χ0) is 20.6. The van der Waals surface area contributed by atoms with Crippen molar-refractivity contribution in [1.82, 2.24) is 15.0 Å². The minimum Gasteiger partial charge on any atom is -0.373 e. The fourth-order valence-electron chi connectivity index (χ4n) is 4.15. The molecular weight excluding hydrogens is 374 g/mol. The van der Waals surface area contributed by atoms with Gasteiger partial charge in [-0.1, -0.05) is 30.7 Å². The van der Waals surface area contributed by atoms with E-state index in [9.17, 15) is 4.79 Å². The summed E-state index contributed by atoms with van der Waals surface area (Å²) >= 11 is 0. The molecule has 1 saturated carbocycles. The fraction of sp³-hybridized carbons (Fsp3) is 0.208. The van der Waals surface area contributed by atoms with Crippen LogP contribution in [0.25, 0.3) is 22.2 Å². The summed E-state index contributed by atoms with van der Waals surface area (Å²) in [6.45, 7) is 0. The van der Waals surface area contributed by atoms with Gasteiger partial charge in [-0.15, -0.1) is 0 Å². The van der Waals surface area contributed by atoms with E-state index in [4.69, 9.17) is 0 Å². The van der Waals surface area contributed by atoms with Crippen LogP contribution in [0.3, 0.4) is 0 Å². The van der Waals surface area contributed by atoms with Crippen LogP contribution >= 0.6 is 0 Å². The molecule has 0 saturated heterocycles. The molecule has 0 unspecified atom stereocenters. The maximum atomic E-state index is 13.2. The van der Waals surface area contributed by atoms with Gasteiger partial charge in [0.25, 0.3) is 0 Å². The number of nitrogens with one attached hydrogen (secondary N) is 3. The predicted octanol–water partition coefficient (Wildman–Crippen LogP) is 4.73. The molecule has 150 valence electrons. The van der Waals surface area contributed by atoms with Gasteiger partial charge in [-0.05, 0) is 42.2 Å². The quantitative estimate of drug-likeness (QED) is 0.455. The van der Waals surface area contributed by atoms with Crippen molar-refractivity contribution in [2.24, 2.45) is 0 Å². The van der Waals surface area contributed by atoms with Crippen molar-refractivity contribution in [1.29, 1.82) is 0 Å². The second-order valence-corrected chi connectivity index (χ2v) is 7.79. The number of nitrogens with zero attached hydrogens (tertiary/aromatic N) is 2. The summed E-state index contributed by atoms with van der Waals surface area (Å²) in [4.78, 5) is 25.0. The number of hydrogen-bond donors (Lipinski definition) is 3. The van der Waals surface area contributed by atoms with E-state index >= 15 is 0 Å². The van der Waals surface area contributed by atoms with Gasteiger partial charge in [0.1, 0.15) is 11.5 Å². The first-order valence-electron chi connectivity index (χ1n) is 10.2. The van der Waals surface area contributed by atoms with Gasteiger partial charge in [0.2, 0.25) is 5.91 Å². The zero-order valence-corrected chi connectivity index (χ0v) is 16.8. The third-order valence-corrected chi connectivity index (χ3v) is 6.09. The van der Waals surface area contributed by atoms with Gasteiger partial charge < -0.3 is 15.6 Å². The minimum absolute atomic E-state index is 0.0464. The average molecular weight is 397 g/mol. The summed E-state index contributed by atoms with van der Waals surface area (Å²) in [6.07, 6.45) is 8.24. The Morgan fingerprint density at radius 1 is 1.03 bits per heavy atom. The highest BCUT2D eigenvalue weighted by atomic mass is 16.2. The average Bonchev–Trinajstić information content (AvgIpc) is 3.21. The third-order valence-electron chi connectivity index (χ3n) is 6.09. The van der Waals surface area contributed by atoms with Gasteiger partial charge >= 0.3 is 0 Å². The Morgan fingerprint density at radius 2 is 1.87 bits per heavy atom. The van der Waals surface area contributed by atoms with Gasteiger partial charge in [0.05, 0.1) is 5.41 Å². The standard InChI is InChI=1S/C24H23N5O/c1-25-21-14-20(8-12-26-21)29-23(30)24(9-2-10-24)19-5-3-16(4-6-19)18-13-17-7-11-27-22(17)28-15-18/h3-8,11-15H,2,9-10H2,1H3,(H,27,28)(H2,25,26,29,30). The Morgan fingerprint density at radius 3 is 2.60 bits per heavy atom. The molecule has 0 spiro atoms. The van der Waals surface area contributed by atoms with Gasteiger partial charge in [0.15, 0.2) is 0 Å². The summed E-state index contributed by atoms with van der Waals surface area (Å²) in [5.74, 6) is 0.776. The van der Waals surface area contributed by atoms with Crippen LogP contribution in [0.1, 0.15) is 24.8 Å². The summed E-state index contributed by atoms with van der Waals surface area (Å²) in [6, 6.07) is 16.2. The number of rotatable bonds is 5. The number of H-pyrrole nitrogens is 1. The van der Waals surface area contributed by atoms with Gasteiger partial charge in [-0.25, -0.2) is 9.97 Å². The second kappa shape index (κ2) is 7.30. The fourth-order valence-corrected chi connectivity index (χ4v) is 4.15. The van der Waals surface area contributed by atoms with E-state index in [1.165, 1.54) is 0 Å². The number of anilines is 2. The lowest BCUT2D eigenvalue weighted by Crippen LogP contribution is -2.46. The lowest BCUT2D eigenvalue weighted by molar-refractivity contribution is -0.124. The molecule has 3 heterocycles. The number of amides is 1. The third kappa shape index (κ3) is 3.10. The van der Waals surface area contributed by atoms with Gasteiger partial charge in [0, 0.05) is 48.3 Å². The number of aromatic nitrogens is 3. The minimum atomic E-state index is -0.468. The van der Waals surface area contributed by atoms with Crippen molar-refractivity contribution in [3.8, 4) is 11.1 Å². The Kier molecular flexibility index (Phi) is 4.47. The number of pyridine rings is 2. The van der Waals surface area contributed by atoms with Crippen LogP contribution < -0.4 is 10.6 Å². The van der Waals surface area contributed by atoms with Crippen molar-refractivity contribution in [2.75, 3.05) is 17.7 Å². The highest BCUT2D eigenvalue weighted by molar-refractivity contribution is 6.00. The Labute approximate surface area is 174 Å². The molecule has 1 fully saturated rings. The van der Waals surface area contributed by atoms with Gasteiger partial charge in [-0.2, -0.15) is 0 Å².